The molecule has 0 radical (unpaired) electrons. The second-order valence-electron chi connectivity index (χ2n) is 7.41. The number of anilines is 2. The maximum atomic E-state index is 12.5. The molecular weight excluding hydrogens is 432 g/mol. The van der Waals surface area contributed by atoms with Crippen LogP contribution in [0.4, 0.5) is 10.7 Å². The molecule has 6 nitrogen and oxygen atoms in total. The lowest BCUT2D eigenvalue weighted by atomic mass is 10.1. The van der Waals surface area contributed by atoms with Gasteiger partial charge in [0.25, 0.3) is 0 Å². The van der Waals surface area contributed by atoms with Gasteiger partial charge in [0, 0.05) is 10.6 Å². The minimum absolute atomic E-state index is 0.330. The normalized spacial score (nSPS) is 13.0. The third kappa shape index (κ3) is 6.04. The first-order valence-corrected chi connectivity index (χ1v) is 11.8. The van der Waals surface area contributed by atoms with Crippen molar-refractivity contribution in [1.82, 2.24) is 0 Å². The first-order chi connectivity index (χ1) is 15.0. The zero-order valence-corrected chi connectivity index (χ0v) is 19.5. The van der Waals surface area contributed by atoms with Crippen molar-refractivity contribution >= 4 is 51.3 Å². The molecule has 0 unspecified atom stereocenters. The van der Waals surface area contributed by atoms with Crippen LogP contribution in [0, 0.1) is 0 Å². The first kappa shape index (κ1) is 23.2. The summed E-state index contributed by atoms with van der Waals surface area (Å²) in [5.41, 5.74) is 2.92. The van der Waals surface area contributed by atoms with Gasteiger partial charge in [0.2, 0.25) is 0 Å². The minimum Gasteiger partial charge on any atom is -0.465 e. The van der Waals surface area contributed by atoms with Crippen LogP contribution in [0.15, 0.2) is 24.3 Å². The van der Waals surface area contributed by atoms with Gasteiger partial charge >= 0.3 is 11.9 Å². The zero-order valence-electron chi connectivity index (χ0n) is 17.9. The van der Waals surface area contributed by atoms with Crippen molar-refractivity contribution in [2.24, 2.45) is 0 Å². The molecule has 1 aliphatic carbocycles. The molecular formula is C23H28N2O4S2. The molecule has 2 N–H and O–H groups in total. The molecule has 0 saturated carbocycles. The van der Waals surface area contributed by atoms with Crippen molar-refractivity contribution in [2.75, 3.05) is 24.4 Å². The third-order valence-electron chi connectivity index (χ3n) is 5.15. The van der Waals surface area contributed by atoms with E-state index in [1.54, 1.807) is 35.6 Å². The standard InChI is InChI=1S/C23H28N2O4S2/c1-3-4-14-29-21(26)15-10-12-16(13-11-15)24-23(30)25-20-19(22(27)28-2)17-8-6-5-7-9-18(17)31-20/h10-13H,3-9,14H2,1-2H3,(H2,24,25,30). The largest absolute Gasteiger partial charge is 0.465 e. The quantitative estimate of drug-likeness (QED) is 0.242. The number of unbranched alkanes of at least 4 members (excludes halogenated alkanes) is 1. The molecule has 0 amide bonds. The monoisotopic (exact) mass is 460 g/mol. The second kappa shape index (κ2) is 11.2. The van der Waals surface area contributed by atoms with Crippen LogP contribution in [0.25, 0.3) is 0 Å². The highest BCUT2D eigenvalue weighted by Gasteiger charge is 2.25. The van der Waals surface area contributed by atoms with Crippen molar-refractivity contribution in [3.05, 3.63) is 45.8 Å². The van der Waals surface area contributed by atoms with E-state index >= 15 is 0 Å². The SMILES string of the molecule is CCCCOC(=O)c1ccc(NC(=S)Nc2sc3c(c2C(=O)OC)CCCCC3)cc1. The number of rotatable bonds is 7. The van der Waals surface area contributed by atoms with E-state index in [2.05, 4.69) is 10.6 Å². The number of carbonyl (C=O) groups excluding carboxylic acids is 2. The number of nitrogens with one attached hydrogen (secondary N) is 2. The Labute approximate surface area is 192 Å². The van der Waals surface area contributed by atoms with Gasteiger partial charge in [-0.1, -0.05) is 19.8 Å². The van der Waals surface area contributed by atoms with Crippen LogP contribution in [0.2, 0.25) is 0 Å². The molecule has 166 valence electrons. The summed E-state index contributed by atoms with van der Waals surface area (Å²) < 4.78 is 10.3. The summed E-state index contributed by atoms with van der Waals surface area (Å²) in [7, 11) is 1.40. The molecule has 2 aromatic rings. The van der Waals surface area contributed by atoms with E-state index in [-0.39, 0.29) is 11.9 Å². The summed E-state index contributed by atoms with van der Waals surface area (Å²) >= 11 is 7.04. The van der Waals surface area contributed by atoms with Crippen LogP contribution in [0.5, 0.6) is 0 Å². The average molecular weight is 461 g/mol. The highest BCUT2D eigenvalue weighted by atomic mass is 32.1. The number of esters is 2. The molecule has 0 saturated heterocycles. The summed E-state index contributed by atoms with van der Waals surface area (Å²) in [6.45, 7) is 2.48. The minimum atomic E-state index is -0.337. The molecule has 0 fully saturated rings. The van der Waals surface area contributed by atoms with Crippen molar-refractivity contribution < 1.29 is 19.1 Å². The Morgan fingerprint density at radius 1 is 1.06 bits per heavy atom. The van der Waals surface area contributed by atoms with E-state index in [1.807, 2.05) is 6.92 Å². The summed E-state index contributed by atoms with van der Waals surface area (Å²) in [4.78, 5) is 25.7. The number of thiocarbonyl (C=S) groups is 1. The van der Waals surface area contributed by atoms with Gasteiger partial charge in [0.15, 0.2) is 5.11 Å². The third-order valence-corrected chi connectivity index (χ3v) is 6.56. The lowest BCUT2D eigenvalue weighted by molar-refractivity contribution is 0.0499. The molecule has 31 heavy (non-hydrogen) atoms. The summed E-state index contributed by atoms with van der Waals surface area (Å²) in [5.74, 6) is -0.667. The van der Waals surface area contributed by atoms with E-state index in [0.717, 1.165) is 49.8 Å². The van der Waals surface area contributed by atoms with Gasteiger partial charge in [0.05, 0.1) is 24.8 Å². The number of aryl methyl sites for hydroxylation is 1. The number of ether oxygens (including phenoxy) is 2. The molecule has 3 rings (SSSR count). The maximum Gasteiger partial charge on any atom is 0.341 e. The Kier molecular flexibility index (Phi) is 8.43. The number of methoxy groups -OCH3 is 1. The molecule has 1 heterocycles. The lowest BCUT2D eigenvalue weighted by Crippen LogP contribution is -2.20. The fourth-order valence-electron chi connectivity index (χ4n) is 3.50. The van der Waals surface area contributed by atoms with Gasteiger partial charge in [-0.05, 0) is 74.2 Å². The zero-order chi connectivity index (χ0) is 22.2. The first-order valence-electron chi connectivity index (χ1n) is 10.6. The summed E-state index contributed by atoms with van der Waals surface area (Å²) in [5, 5.41) is 7.37. The topological polar surface area (TPSA) is 76.7 Å². The van der Waals surface area contributed by atoms with Gasteiger partial charge in [-0.15, -0.1) is 11.3 Å². The highest BCUT2D eigenvalue weighted by molar-refractivity contribution is 7.80. The molecule has 8 heteroatoms. The lowest BCUT2D eigenvalue weighted by Gasteiger charge is -2.12. The molecule has 1 aromatic carbocycles. The van der Waals surface area contributed by atoms with Gasteiger partial charge in [0.1, 0.15) is 5.00 Å². The number of thiophene rings is 1. The van der Waals surface area contributed by atoms with E-state index < -0.39 is 0 Å². The summed E-state index contributed by atoms with van der Waals surface area (Å²) in [6.07, 6.45) is 7.06. The number of hydrogen-bond donors (Lipinski definition) is 2. The predicted molar refractivity (Wildman–Crippen MR) is 128 cm³/mol. The molecule has 0 aliphatic heterocycles. The maximum absolute atomic E-state index is 12.5. The van der Waals surface area contributed by atoms with Crippen molar-refractivity contribution in [2.45, 2.75) is 51.9 Å². The molecule has 0 bridgehead atoms. The molecule has 0 atom stereocenters. The van der Waals surface area contributed by atoms with Crippen LogP contribution in [0.3, 0.4) is 0 Å². The average Bonchev–Trinajstić information content (AvgIpc) is 2.93. The van der Waals surface area contributed by atoms with Crippen molar-refractivity contribution in [1.29, 1.82) is 0 Å². The van der Waals surface area contributed by atoms with Crippen molar-refractivity contribution in [3.63, 3.8) is 0 Å². The predicted octanol–water partition coefficient (Wildman–Crippen LogP) is 5.57. The Morgan fingerprint density at radius 3 is 2.52 bits per heavy atom. The van der Waals surface area contributed by atoms with Crippen LogP contribution >= 0.6 is 23.6 Å². The number of hydrogen-bond acceptors (Lipinski definition) is 6. The Bertz CT molecular complexity index is 938. The smallest absolute Gasteiger partial charge is 0.341 e. The Morgan fingerprint density at radius 2 is 1.81 bits per heavy atom. The number of carbonyl (C=O) groups is 2. The van der Waals surface area contributed by atoms with Gasteiger partial charge in [-0.25, -0.2) is 9.59 Å². The fourth-order valence-corrected chi connectivity index (χ4v) is 5.06. The van der Waals surface area contributed by atoms with Crippen LogP contribution < -0.4 is 10.6 Å². The van der Waals surface area contributed by atoms with E-state index in [0.29, 0.717) is 27.8 Å². The second-order valence-corrected chi connectivity index (χ2v) is 8.92. The summed E-state index contributed by atoms with van der Waals surface area (Å²) in [6, 6.07) is 6.95. The molecule has 1 aliphatic rings. The van der Waals surface area contributed by atoms with E-state index in [9.17, 15) is 9.59 Å². The van der Waals surface area contributed by atoms with E-state index in [1.165, 1.54) is 18.4 Å². The Hall–Kier alpha value is -2.45. The molecule has 1 aromatic heterocycles. The highest BCUT2D eigenvalue weighted by Crippen LogP contribution is 2.38. The van der Waals surface area contributed by atoms with Crippen molar-refractivity contribution in [3.8, 4) is 0 Å². The van der Waals surface area contributed by atoms with Crippen LogP contribution in [0.1, 0.15) is 70.2 Å². The Balaban J connectivity index is 1.67. The van der Waals surface area contributed by atoms with Gasteiger partial charge < -0.3 is 20.1 Å². The number of fused-ring (bicyclic) bond motifs is 1. The van der Waals surface area contributed by atoms with Gasteiger partial charge in [-0.2, -0.15) is 0 Å². The van der Waals surface area contributed by atoms with Gasteiger partial charge in [-0.3, -0.25) is 0 Å². The fraction of sp³-hybridized carbons (Fsp3) is 0.435. The number of benzene rings is 1. The van der Waals surface area contributed by atoms with Crippen LogP contribution in [-0.4, -0.2) is 30.8 Å². The molecule has 0 spiro atoms. The van der Waals surface area contributed by atoms with Crippen LogP contribution in [-0.2, 0) is 22.3 Å². The van der Waals surface area contributed by atoms with E-state index in [4.69, 9.17) is 21.7 Å².